The van der Waals surface area contributed by atoms with E-state index in [-0.39, 0.29) is 17.7 Å². The first-order valence-corrected chi connectivity index (χ1v) is 8.32. The van der Waals surface area contributed by atoms with E-state index in [0.29, 0.717) is 45.1 Å². The second-order valence-corrected chi connectivity index (χ2v) is 5.77. The maximum absolute atomic E-state index is 11.3. The lowest BCUT2D eigenvalue weighted by molar-refractivity contribution is -0.124. The molecule has 0 aromatic rings. The van der Waals surface area contributed by atoms with Crippen LogP contribution in [0.25, 0.3) is 0 Å². The SMILES string of the molecule is C=C(C)C(=O)NCCCOCCCOCCCNC(=O)C(C)C. The molecular formula is C17H32N2O4. The molecule has 0 aromatic heterocycles. The van der Waals surface area contributed by atoms with E-state index in [0.717, 1.165) is 19.3 Å². The lowest BCUT2D eigenvalue weighted by Gasteiger charge is -2.08. The van der Waals surface area contributed by atoms with Crippen LogP contribution in [-0.4, -0.2) is 51.3 Å². The zero-order valence-electron chi connectivity index (χ0n) is 14.8. The number of amides is 2. The molecule has 134 valence electrons. The number of hydrogen-bond acceptors (Lipinski definition) is 4. The molecule has 0 unspecified atom stereocenters. The molecule has 0 rings (SSSR count). The first kappa shape index (κ1) is 21.6. The molecule has 0 heterocycles. The van der Waals surface area contributed by atoms with Gasteiger partial charge in [0.15, 0.2) is 0 Å². The van der Waals surface area contributed by atoms with E-state index < -0.39 is 0 Å². The van der Waals surface area contributed by atoms with Gasteiger partial charge in [-0.2, -0.15) is 0 Å². The van der Waals surface area contributed by atoms with E-state index in [1.807, 2.05) is 13.8 Å². The minimum Gasteiger partial charge on any atom is -0.381 e. The molecule has 0 bridgehead atoms. The number of rotatable bonds is 14. The molecule has 0 saturated carbocycles. The van der Waals surface area contributed by atoms with Gasteiger partial charge >= 0.3 is 0 Å². The average molecular weight is 328 g/mol. The first-order valence-electron chi connectivity index (χ1n) is 8.32. The van der Waals surface area contributed by atoms with E-state index in [2.05, 4.69) is 17.2 Å². The number of carbonyl (C=O) groups excluding carboxylic acids is 2. The Hall–Kier alpha value is -1.40. The summed E-state index contributed by atoms with van der Waals surface area (Å²) >= 11 is 0. The Morgan fingerprint density at radius 2 is 1.39 bits per heavy atom. The van der Waals surface area contributed by atoms with Crippen LogP contribution in [0.2, 0.25) is 0 Å². The van der Waals surface area contributed by atoms with Crippen LogP contribution >= 0.6 is 0 Å². The van der Waals surface area contributed by atoms with E-state index in [1.54, 1.807) is 6.92 Å². The van der Waals surface area contributed by atoms with Crippen LogP contribution in [0.3, 0.4) is 0 Å². The van der Waals surface area contributed by atoms with Crippen molar-refractivity contribution in [2.45, 2.75) is 40.0 Å². The van der Waals surface area contributed by atoms with Crippen molar-refractivity contribution in [2.75, 3.05) is 39.5 Å². The molecule has 2 amide bonds. The van der Waals surface area contributed by atoms with Crippen LogP contribution in [0.15, 0.2) is 12.2 Å². The Kier molecular flexibility index (Phi) is 13.3. The molecule has 0 spiro atoms. The predicted molar refractivity (Wildman–Crippen MR) is 91.2 cm³/mol. The highest BCUT2D eigenvalue weighted by Crippen LogP contribution is 1.92. The lowest BCUT2D eigenvalue weighted by atomic mass is 10.2. The van der Waals surface area contributed by atoms with Crippen LogP contribution in [0.1, 0.15) is 40.0 Å². The van der Waals surface area contributed by atoms with Crippen molar-refractivity contribution >= 4 is 11.8 Å². The Labute approximate surface area is 140 Å². The minimum atomic E-state index is -0.108. The molecule has 6 nitrogen and oxygen atoms in total. The number of hydrogen-bond donors (Lipinski definition) is 2. The van der Waals surface area contributed by atoms with Crippen LogP contribution < -0.4 is 10.6 Å². The summed E-state index contributed by atoms with van der Waals surface area (Å²) in [5, 5.41) is 5.60. The molecule has 23 heavy (non-hydrogen) atoms. The molecule has 0 aromatic carbocycles. The summed E-state index contributed by atoms with van der Waals surface area (Å²) in [5.41, 5.74) is 0.520. The molecule has 0 saturated heterocycles. The van der Waals surface area contributed by atoms with Gasteiger partial charge in [0.25, 0.3) is 0 Å². The molecule has 6 heteroatoms. The van der Waals surface area contributed by atoms with Crippen molar-refractivity contribution in [3.05, 3.63) is 12.2 Å². The van der Waals surface area contributed by atoms with Crippen LogP contribution in [0.5, 0.6) is 0 Å². The average Bonchev–Trinajstić information content (AvgIpc) is 2.50. The summed E-state index contributed by atoms with van der Waals surface area (Å²) in [7, 11) is 0. The summed E-state index contributed by atoms with van der Waals surface area (Å²) in [5.74, 6) is 0.00278. The first-order chi connectivity index (χ1) is 10.9. The second-order valence-electron chi connectivity index (χ2n) is 5.77. The largest absolute Gasteiger partial charge is 0.381 e. The fourth-order valence-corrected chi connectivity index (χ4v) is 1.58. The van der Waals surface area contributed by atoms with E-state index in [1.165, 1.54) is 0 Å². The van der Waals surface area contributed by atoms with Crippen molar-refractivity contribution in [1.29, 1.82) is 0 Å². The lowest BCUT2D eigenvalue weighted by Crippen LogP contribution is -2.29. The Morgan fingerprint density at radius 1 is 0.913 bits per heavy atom. The molecule has 0 fully saturated rings. The standard InChI is InChI=1S/C17H32N2O4/c1-14(2)16(20)18-8-5-10-22-12-7-13-23-11-6-9-19-17(21)15(3)4/h15H,1,5-13H2,2-4H3,(H,18,20)(H,19,21). The van der Waals surface area contributed by atoms with Gasteiger partial charge in [0.1, 0.15) is 0 Å². The summed E-state index contributed by atoms with van der Waals surface area (Å²) < 4.78 is 10.9. The topological polar surface area (TPSA) is 76.7 Å². The van der Waals surface area contributed by atoms with Gasteiger partial charge < -0.3 is 20.1 Å². The van der Waals surface area contributed by atoms with E-state index >= 15 is 0 Å². The van der Waals surface area contributed by atoms with Gasteiger partial charge in [-0.25, -0.2) is 0 Å². The third-order valence-electron chi connectivity index (χ3n) is 3.01. The van der Waals surface area contributed by atoms with Crippen molar-refractivity contribution in [3.63, 3.8) is 0 Å². The summed E-state index contributed by atoms with van der Waals surface area (Å²) in [4.78, 5) is 22.5. The monoisotopic (exact) mass is 328 g/mol. The van der Waals surface area contributed by atoms with Crippen LogP contribution in [0, 0.1) is 5.92 Å². The zero-order valence-corrected chi connectivity index (χ0v) is 14.8. The maximum Gasteiger partial charge on any atom is 0.246 e. The van der Waals surface area contributed by atoms with Gasteiger partial charge in [-0.15, -0.1) is 0 Å². The highest BCUT2D eigenvalue weighted by atomic mass is 16.5. The van der Waals surface area contributed by atoms with Gasteiger partial charge in [-0.05, 0) is 26.2 Å². The van der Waals surface area contributed by atoms with Gasteiger partial charge in [0, 0.05) is 51.0 Å². The molecular weight excluding hydrogens is 296 g/mol. The molecule has 0 aliphatic heterocycles. The number of nitrogens with one attached hydrogen (secondary N) is 2. The molecule has 2 N–H and O–H groups in total. The Morgan fingerprint density at radius 3 is 1.87 bits per heavy atom. The fourth-order valence-electron chi connectivity index (χ4n) is 1.58. The molecule has 0 radical (unpaired) electrons. The smallest absolute Gasteiger partial charge is 0.246 e. The predicted octanol–water partition coefficient (Wildman–Crippen LogP) is 1.65. The Bertz CT molecular complexity index is 357. The third kappa shape index (κ3) is 14.0. The molecule has 0 aliphatic carbocycles. The van der Waals surface area contributed by atoms with Gasteiger partial charge in [-0.1, -0.05) is 20.4 Å². The van der Waals surface area contributed by atoms with Crippen molar-refractivity contribution in [2.24, 2.45) is 5.92 Å². The van der Waals surface area contributed by atoms with Crippen LogP contribution in [-0.2, 0) is 19.1 Å². The van der Waals surface area contributed by atoms with Gasteiger partial charge in [0.2, 0.25) is 11.8 Å². The zero-order chi connectivity index (χ0) is 17.5. The van der Waals surface area contributed by atoms with Crippen LogP contribution in [0.4, 0.5) is 0 Å². The van der Waals surface area contributed by atoms with Gasteiger partial charge in [0.05, 0.1) is 0 Å². The summed E-state index contributed by atoms with van der Waals surface area (Å²) in [6, 6.07) is 0. The Balaban J connectivity index is 3.18. The van der Waals surface area contributed by atoms with Crippen molar-refractivity contribution < 1.29 is 19.1 Å². The highest BCUT2D eigenvalue weighted by molar-refractivity contribution is 5.91. The molecule has 0 atom stereocenters. The van der Waals surface area contributed by atoms with E-state index in [4.69, 9.17) is 9.47 Å². The van der Waals surface area contributed by atoms with E-state index in [9.17, 15) is 9.59 Å². The third-order valence-corrected chi connectivity index (χ3v) is 3.01. The maximum atomic E-state index is 11.3. The highest BCUT2D eigenvalue weighted by Gasteiger charge is 2.04. The van der Waals surface area contributed by atoms with Gasteiger partial charge in [-0.3, -0.25) is 9.59 Å². The molecule has 0 aliphatic rings. The second kappa shape index (κ2) is 14.2. The summed E-state index contributed by atoms with van der Waals surface area (Å²) in [6.07, 6.45) is 2.45. The normalized spacial score (nSPS) is 10.6. The number of ether oxygens (including phenoxy) is 2. The quantitative estimate of drug-likeness (QED) is 0.375. The summed E-state index contributed by atoms with van der Waals surface area (Å²) in [6.45, 7) is 12.8. The number of carbonyl (C=O) groups is 2. The fraction of sp³-hybridized carbons (Fsp3) is 0.765. The van der Waals surface area contributed by atoms with Crippen molar-refractivity contribution in [1.82, 2.24) is 10.6 Å². The minimum absolute atomic E-state index is 0.0298. The van der Waals surface area contributed by atoms with Crippen molar-refractivity contribution in [3.8, 4) is 0 Å².